The van der Waals surface area contributed by atoms with Gasteiger partial charge in [-0.25, -0.2) is 14.8 Å². The second kappa shape index (κ2) is 13.9. The molecule has 2 aromatic rings. The first-order valence-corrected chi connectivity index (χ1v) is 14.2. The van der Waals surface area contributed by atoms with Gasteiger partial charge in [-0.1, -0.05) is 16.9 Å². The van der Waals surface area contributed by atoms with Crippen LogP contribution in [0, 0.1) is 6.92 Å². The fourth-order valence-corrected chi connectivity index (χ4v) is 7.87. The first-order chi connectivity index (χ1) is 17.6. The first kappa shape index (κ1) is 33.0. The molecular weight excluding hydrogens is 604 g/mol. The average molecular weight is 627 g/mol. The molecule has 19 heteroatoms. The number of β-lactam (4-membered cyclic amide) rings is 1. The molecule has 0 aromatic carbocycles. The quantitative estimate of drug-likeness (QED) is 0.0862. The number of nitrogens with zero attached hydrogens (tertiary/aromatic N) is 4. The fourth-order valence-electron chi connectivity index (χ4n) is 3.61. The Kier molecular flexibility index (Phi) is 11.8. The molecule has 2 aliphatic rings. The molecule has 4 rings (SSSR count). The third-order valence-electron chi connectivity index (χ3n) is 5.25. The molecule has 2 aliphatic heterocycles. The molecule has 2 aromatic heterocycles. The summed E-state index contributed by atoms with van der Waals surface area (Å²) in [6.45, 7) is 1.72. The summed E-state index contributed by atoms with van der Waals surface area (Å²) in [7, 11) is 1.26. The number of fused-ring (bicyclic) bond motifs is 1. The van der Waals surface area contributed by atoms with Crippen molar-refractivity contribution in [2.24, 2.45) is 5.16 Å². The average Bonchev–Trinajstić information content (AvgIpc) is 3.42. The number of thioether (sulfide) groups is 2. The van der Waals surface area contributed by atoms with Crippen LogP contribution in [0.2, 0.25) is 0 Å². The Morgan fingerprint density at radius 2 is 2.05 bits per heavy atom. The van der Waals surface area contributed by atoms with Gasteiger partial charge in [0, 0.05) is 21.8 Å². The number of thiazole rings is 2. The van der Waals surface area contributed by atoms with Crippen LogP contribution in [-0.2, 0) is 30.4 Å². The van der Waals surface area contributed by atoms with Crippen molar-refractivity contribution in [1.29, 1.82) is 0 Å². The molecule has 0 spiro atoms. The number of nitrogens with one attached hydrogen (secondary N) is 1. The van der Waals surface area contributed by atoms with Gasteiger partial charge in [0.15, 0.2) is 15.2 Å². The van der Waals surface area contributed by atoms with Crippen molar-refractivity contribution in [1.82, 2.24) is 20.2 Å². The van der Waals surface area contributed by atoms with E-state index in [-0.39, 0.29) is 69.4 Å². The SMILES string of the molecule is CO/N=C(\C(=O)N[C@@H]1C(=O)N2C(C(=O)O)=C(CSc3nc(C)c(CC(=O)O)s3)CS[C@H]12)c1csc(N)n1.O.[NaH]. The number of hydrogen-bond acceptors (Lipinski definition) is 13. The maximum atomic E-state index is 13.0. The number of hydrogen-bond donors (Lipinski definition) is 4. The topological polar surface area (TPSA) is 229 Å². The van der Waals surface area contributed by atoms with E-state index in [9.17, 15) is 24.3 Å². The Labute approximate surface area is 260 Å². The molecule has 2 atom stereocenters. The summed E-state index contributed by atoms with van der Waals surface area (Å²) < 4.78 is 0.617. The molecule has 0 radical (unpaired) electrons. The van der Waals surface area contributed by atoms with E-state index in [1.54, 1.807) is 6.92 Å². The van der Waals surface area contributed by atoms with E-state index in [0.717, 1.165) is 11.3 Å². The van der Waals surface area contributed by atoms with E-state index in [0.29, 0.717) is 26.2 Å². The van der Waals surface area contributed by atoms with Crippen molar-refractivity contribution in [3.63, 3.8) is 0 Å². The summed E-state index contributed by atoms with van der Waals surface area (Å²) in [5, 5.41) is 26.3. The molecule has 7 N–H and O–H groups in total. The number of anilines is 1. The van der Waals surface area contributed by atoms with Crippen LogP contribution in [0.5, 0.6) is 0 Å². The Bertz CT molecular complexity index is 1350. The monoisotopic (exact) mass is 626 g/mol. The first-order valence-electron chi connectivity index (χ1n) is 10.4. The molecular formula is C20H23N6NaO8S4. The second-order valence-electron chi connectivity index (χ2n) is 7.66. The van der Waals surface area contributed by atoms with Gasteiger partial charge in [0.2, 0.25) is 0 Å². The molecule has 4 heterocycles. The number of carboxylic acid groups (broad SMARTS) is 2. The number of nitrogen functional groups attached to an aromatic ring is 1. The van der Waals surface area contributed by atoms with Crippen molar-refractivity contribution in [2.75, 3.05) is 24.3 Å². The Balaban J connectivity index is 0.00000267. The van der Waals surface area contributed by atoms with E-state index < -0.39 is 35.2 Å². The fraction of sp³-hybridized carbons (Fsp3) is 0.350. The van der Waals surface area contributed by atoms with E-state index in [1.165, 1.54) is 52.3 Å². The zero-order chi connectivity index (χ0) is 26.9. The van der Waals surface area contributed by atoms with Gasteiger partial charge < -0.3 is 31.6 Å². The Morgan fingerprint density at radius 3 is 2.64 bits per heavy atom. The second-order valence-corrected chi connectivity index (χ2v) is 12.0. The summed E-state index contributed by atoms with van der Waals surface area (Å²) >= 11 is 4.98. The van der Waals surface area contributed by atoms with Crippen LogP contribution in [0.4, 0.5) is 5.13 Å². The number of amides is 2. The van der Waals surface area contributed by atoms with Gasteiger partial charge in [-0.3, -0.25) is 19.3 Å². The summed E-state index contributed by atoms with van der Waals surface area (Å²) in [6, 6.07) is -0.959. The Morgan fingerprint density at radius 1 is 1.33 bits per heavy atom. The molecule has 2 amide bonds. The zero-order valence-electron chi connectivity index (χ0n) is 19.8. The van der Waals surface area contributed by atoms with Gasteiger partial charge in [0.1, 0.15) is 29.9 Å². The summed E-state index contributed by atoms with van der Waals surface area (Å²) in [4.78, 5) is 63.9. The molecule has 0 saturated carbocycles. The number of oxime groups is 1. The third-order valence-corrected chi connectivity index (χ3v) is 9.65. The van der Waals surface area contributed by atoms with Crippen molar-refractivity contribution in [2.45, 2.75) is 29.1 Å². The molecule has 39 heavy (non-hydrogen) atoms. The molecule has 0 aliphatic carbocycles. The van der Waals surface area contributed by atoms with Crippen LogP contribution in [-0.4, -0.2) is 120 Å². The Hall–Kier alpha value is -2.19. The minimum atomic E-state index is -1.25. The number of aryl methyl sites for hydroxylation is 1. The normalized spacial score (nSPS) is 18.4. The van der Waals surface area contributed by atoms with Gasteiger partial charge in [-0.15, -0.1) is 34.4 Å². The van der Waals surface area contributed by atoms with Crippen LogP contribution in [0.15, 0.2) is 26.1 Å². The van der Waals surface area contributed by atoms with Gasteiger partial charge in [0.25, 0.3) is 11.8 Å². The number of nitrogens with two attached hydrogens (primary N) is 1. The number of carboxylic acids is 2. The van der Waals surface area contributed by atoms with Crippen molar-refractivity contribution in [3.05, 3.63) is 32.9 Å². The van der Waals surface area contributed by atoms with Crippen LogP contribution in [0.3, 0.4) is 0 Å². The van der Waals surface area contributed by atoms with Crippen LogP contribution >= 0.6 is 46.2 Å². The van der Waals surface area contributed by atoms with Gasteiger partial charge in [0.05, 0.1) is 12.1 Å². The van der Waals surface area contributed by atoms with Gasteiger partial charge in [-0.05, 0) is 12.5 Å². The molecule has 14 nitrogen and oxygen atoms in total. The molecule has 206 valence electrons. The van der Waals surface area contributed by atoms with Crippen LogP contribution in [0.25, 0.3) is 0 Å². The molecule has 1 saturated heterocycles. The standard InChI is InChI=1S/C20H20N6O7S4.Na.H2O.H/c1-7-10(3-11(27)28)37-20(22-7)36-5-8-4-34-17-13(16(30)26(17)14(8)18(31)32)24-15(29)12(25-33-2)9-6-35-19(21)23-9;;;/h6,13,17H,3-5H2,1-2H3,(H2,21,23)(H,24,29)(H,27,28)(H,31,32);;1H2;/b25-12-;;;/t13-,17-;;;/m1.../s1. The predicted octanol–water partition coefficient (Wildman–Crippen LogP) is -0.474. The summed E-state index contributed by atoms with van der Waals surface area (Å²) in [5.41, 5.74) is 6.70. The summed E-state index contributed by atoms with van der Waals surface area (Å²) in [6.07, 6.45) is -0.132. The van der Waals surface area contributed by atoms with Gasteiger partial charge >= 0.3 is 41.5 Å². The number of rotatable bonds is 10. The number of carbonyl (C=O) groups excluding carboxylic acids is 2. The molecule has 1 fully saturated rings. The molecule has 0 bridgehead atoms. The van der Waals surface area contributed by atoms with Gasteiger partial charge in [-0.2, -0.15) is 0 Å². The zero-order valence-corrected chi connectivity index (χ0v) is 23.1. The predicted molar refractivity (Wildman–Crippen MR) is 149 cm³/mol. The number of aliphatic carboxylic acids is 2. The van der Waals surface area contributed by atoms with E-state index >= 15 is 0 Å². The van der Waals surface area contributed by atoms with Crippen molar-refractivity contribution < 1.29 is 39.7 Å². The number of aromatic nitrogens is 2. The van der Waals surface area contributed by atoms with Crippen molar-refractivity contribution in [3.8, 4) is 0 Å². The van der Waals surface area contributed by atoms with E-state index in [2.05, 4.69) is 20.4 Å². The van der Waals surface area contributed by atoms with Crippen LogP contribution in [0.1, 0.15) is 16.3 Å². The number of carbonyl (C=O) groups is 4. The van der Waals surface area contributed by atoms with Crippen molar-refractivity contribution >= 4 is 110 Å². The minimum absolute atomic E-state index is 0. The van der Waals surface area contributed by atoms with E-state index in [1.807, 2.05) is 0 Å². The van der Waals surface area contributed by atoms with E-state index in [4.69, 9.17) is 15.7 Å². The molecule has 0 unspecified atom stereocenters. The third kappa shape index (κ3) is 7.12. The summed E-state index contributed by atoms with van der Waals surface area (Å²) in [5.74, 6) is -2.89. The van der Waals surface area contributed by atoms with Crippen LogP contribution < -0.4 is 11.1 Å². The maximum absolute atomic E-state index is 13.0.